The number of H-pyrrole nitrogens is 1. The van der Waals surface area contributed by atoms with Gasteiger partial charge in [0.05, 0.1) is 24.5 Å². The molecule has 0 spiro atoms. The number of amides is 6. The number of nitrogens with one attached hydrogen (secondary N) is 7. The Bertz CT molecular complexity index is 1980. The van der Waals surface area contributed by atoms with Crippen LogP contribution in [0.3, 0.4) is 0 Å². The second-order valence-electron chi connectivity index (χ2n) is 11.8. The van der Waals surface area contributed by atoms with Crippen molar-refractivity contribution in [1.82, 2.24) is 31.6 Å². The molecule has 15 nitrogen and oxygen atoms in total. The van der Waals surface area contributed by atoms with Gasteiger partial charge >= 0.3 is 0 Å². The molecule has 2 heterocycles. The van der Waals surface area contributed by atoms with Crippen LogP contribution in [-0.2, 0) is 30.4 Å². The van der Waals surface area contributed by atoms with Crippen molar-refractivity contribution in [3.8, 4) is 0 Å². The average Bonchev–Trinajstić information content (AvgIpc) is 3.54. The largest absolute Gasteiger partial charge is 0.394 e. The summed E-state index contributed by atoms with van der Waals surface area (Å²) in [6.45, 7) is -0.359. The lowest BCUT2D eigenvalue weighted by atomic mass is 10.0. The molecule has 15 heteroatoms. The molecular formula is C36H37N7O8. The standard InChI is InChI=1S/C36H37N7O8/c1-20-31(46)42-29(18-44)35(50)41-28(16-22-17-37-25-13-7-5-11-23(22)25)34(49)39-26-14-8-6-12-24(26)32(47)43-30(19-45)36(51)40-27(33(48)38-20)15-21-9-3-2-4-10-21/h2-14,16-17,20,27,29-30,37,44-45H,15,18-19H2,1H3,(H,38,48)(H,39,49)(H,40,51)(H,41,50)(H,42,46)(H,43,47)/b28-16-/t20-,27-,29-,30+/m0/s1. The van der Waals surface area contributed by atoms with Gasteiger partial charge in [0.15, 0.2) is 0 Å². The predicted octanol–water partition coefficient (Wildman–Crippen LogP) is 0.0773. The first kappa shape index (κ1) is 36.0. The minimum Gasteiger partial charge on any atom is -0.394 e. The van der Waals surface area contributed by atoms with E-state index in [1.807, 2.05) is 12.1 Å². The van der Waals surface area contributed by atoms with Crippen LogP contribution in [0.2, 0.25) is 0 Å². The van der Waals surface area contributed by atoms with Crippen molar-refractivity contribution in [2.45, 2.75) is 37.5 Å². The minimum absolute atomic E-state index is 0.00347. The van der Waals surface area contributed by atoms with Crippen molar-refractivity contribution in [3.05, 3.63) is 107 Å². The molecule has 0 fully saturated rings. The van der Waals surface area contributed by atoms with Gasteiger partial charge in [-0.3, -0.25) is 28.8 Å². The number of benzene rings is 3. The third-order valence-electron chi connectivity index (χ3n) is 8.13. The summed E-state index contributed by atoms with van der Waals surface area (Å²) >= 11 is 0. The highest BCUT2D eigenvalue weighted by Crippen LogP contribution is 2.21. The molecule has 0 saturated heterocycles. The zero-order valence-corrected chi connectivity index (χ0v) is 27.4. The van der Waals surface area contributed by atoms with Crippen molar-refractivity contribution in [2.75, 3.05) is 18.5 Å². The molecule has 0 bridgehead atoms. The Balaban J connectivity index is 1.53. The van der Waals surface area contributed by atoms with E-state index in [4.69, 9.17) is 0 Å². The monoisotopic (exact) mass is 695 g/mol. The summed E-state index contributed by atoms with van der Waals surface area (Å²) in [6.07, 6.45) is 2.99. The van der Waals surface area contributed by atoms with Crippen LogP contribution < -0.4 is 31.9 Å². The summed E-state index contributed by atoms with van der Waals surface area (Å²) in [7, 11) is 0. The quantitative estimate of drug-likeness (QED) is 0.130. The van der Waals surface area contributed by atoms with Crippen LogP contribution >= 0.6 is 0 Å². The molecule has 9 N–H and O–H groups in total. The Morgan fingerprint density at radius 3 is 2.00 bits per heavy atom. The van der Waals surface area contributed by atoms with Gasteiger partial charge in [-0.1, -0.05) is 60.7 Å². The van der Waals surface area contributed by atoms with E-state index in [1.54, 1.807) is 54.7 Å². The molecule has 5 rings (SSSR count). The lowest BCUT2D eigenvalue weighted by molar-refractivity contribution is -0.134. The van der Waals surface area contributed by atoms with Gasteiger partial charge in [-0.15, -0.1) is 0 Å². The Morgan fingerprint density at radius 1 is 0.627 bits per heavy atom. The molecule has 1 aromatic heterocycles. The zero-order valence-electron chi connectivity index (χ0n) is 27.4. The van der Waals surface area contributed by atoms with Crippen molar-refractivity contribution in [2.24, 2.45) is 0 Å². The Kier molecular flexibility index (Phi) is 11.6. The number of aliphatic hydroxyl groups is 2. The van der Waals surface area contributed by atoms with Gasteiger partial charge in [0.25, 0.3) is 11.8 Å². The number of rotatable bonds is 5. The number of aromatic nitrogens is 1. The Morgan fingerprint density at radius 2 is 1.25 bits per heavy atom. The van der Waals surface area contributed by atoms with E-state index in [9.17, 15) is 39.0 Å². The molecule has 4 atom stereocenters. The van der Waals surface area contributed by atoms with Gasteiger partial charge in [0.1, 0.15) is 29.9 Å². The molecule has 0 saturated carbocycles. The van der Waals surface area contributed by atoms with Crippen LogP contribution in [0.5, 0.6) is 0 Å². The predicted molar refractivity (Wildman–Crippen MR) is 187 cm³/mol. The highest BCUT2D eigenvalue weighted by molar-refractivity contribution is 6.13. The molecule has 0 radical (unpaired) electrons. The lowest BCUT2D eigenvalue weighted by Gasteiger charge is -2.24. The van der Waals surface area contributed by atoms with Gasteiger partial charge in [0, 0.05) is 29.1 Å². The molecule has 51 heavy (non-hydrogen) atoms. The number of aliphatic hydroxyl groups excluding tert-OH is 2. The average molecular weight is 696 g/mol. The van der Waals surface area contributed by atoms with Crippen LogP contribution in [-0.4, -0.2) is 88.0 Å². The number of carbonyl (C=O) groups excluding carboxylic acids is 6. The fourth-order valence-corrected chi connectivity index (χ4v) is 5.36. The maximum absolute atomic E-state index is 13.8. The van der Waals surface area contributed by atoms with Crippen molar-refractivity contribution in [3.63, 3.8) is 0 Å². The van der Waals surface area contributed by atoms with Gasteiger partial charge in [-0.25, -0.2) is 0 Å². The molecule has 1 aliphatic heterocycles. The number of fused-ring (bicyclic) bond motifs is 2. The highest BCUT2D eigenvalue weighted by atomic mass is 16.3. The first-order valence-corrected chi connectivity index (χ1v) is 16.0. The zero-order chi connectivity index (χ0) is 36.5. The summed E-state index contributed by atoms with van der Waals surface area (Å²) in [5.41, 5.74) is 1.54. The summed E-state index contributed by atoms with van der Waals surface area (Å²) in [5, 5.41) is 35.9. The molecule has 264 valence electrons. The van der Waals surface area contributed by atoms with E-state index >= 15 is 0 Å². The second-order valence-corrected chi connectivity index (χ2v) is 11.8. The fraction of sp³-hybridized carbons (Fsp3) is 0.222. The lowest BCUT2D eigenvalue weighted by Crippen LogP contribution is -2.59. The number of anilines is 1. The number of aromatic amines is 1. The third kappa shape index (κ3) is 8.83. The van der Waals surface area contributed by atoms with E-state index < -0.39 is 72.8 Å². The van der Waals surface area contributed by atoms with E-state index in [1.165, 1.54) is 31.2 Å². The van der Waals surface area contributed by atoms with Crippen LogP contribution in [0.1, 0.15) is 28.4 Å². The molecule has 4 aromatic rings. The number of hydrogen-bond donors (Lipinski definition) is 9. The van der Waals surface area contributed by atoms with E-state index in [2.05, 4.69) is 36.9 Å². The number of carbonyl (C=O) groups is 6. The van der Waals surface area contributed by atoms with Crippen LogP contribution in [0.25, 0.3) is 17.0 Å². The van der Waals surface area contributed by atoms with Gasteiger partial charge in [-0.2, -0.15) is 0 Å². The van der Waals surface area contributed by atoms with Crippen LogP contribution in [0.15, 0.2) is 90.8 Å². The molecule has 0 aliphatic carbocycles. The van der Waals surface area contributed by atoms with Crippen LogP contribution in [0, 0.1) is 0 Å². The van der Waals surface area contributed by atoms with Crippen LogP contribution in [0.4, 0.5) is 5.69 Å². The number of para-hydroxylation sites is 2. The smallest absolute Gasteiger partial charge is 0.272 e. The molecule has 1 aliphatic rings. The first-order valence-electron chi connectivity index (χ1n) is 16.0. The molecule has 6 amide bonds. The fourth-order valence-electron chi connectivity index (χ4n) is 5.36. The van der Waals surface area contributed by atoms with Crippen molar-refractivity contribution >= 4 is 58.1 Å². The molecular weight excluding hydrogens is 658 g/mol. The minimum atomic E-state index is -1.55. The van der Waals surface area contributed by atoms with Gasteiger partial charge in [0.2, 0.25) is 23.6 Å². The second kappa shape index (κ2) is 16.4. The van der Waals surface area contributed by atoms with Gasteiger partial charge < -0.3 is 47.1 Å². The SMILES string of the molecule is C[C@@H]1NC(=O)[C@H](Cc2ccccc2)NC(=O)[C@@H](CO)NC(=O)c2ccccc2NC(=O)/C(=C/c2c[nH]c3ccccc23)NC(=O)[C@H](CO)NC1=O. The Labute approximate surface area is 291 Å². The highest BCUT2D eigenvalue weighted by Gasteiger charge is 2.31. The summed E-state index contributed by atoms with van der Waals surface area (Å²) in [6, 6.07) is 16.2. The maximum atomic E-state index is 13.8. The van der Waals surface area contributed by atoms with Crippen molar-refractivity contribution in [1.29, 1.82) is 0 Å². The summed E-state index contributed by atoms with van der Waals surface area (Å²) in [5.74, 6) is -5.16. The van der Waals surface area contributed by atoms with Crippen molar-refractivity contribution < 1.29 is 39.0 Å². The first-order chi connectivity index (χ1) is 24.6. The summed E-state index contributed by atoms with van der Waals surface area (Å²) < 4.78 is 0. The van der Waals surface area contributed by atoms with E-state index in [0.29, 0.717) is 11.1 Å². The third-order valence-corrected chi connectivity index (χ3v) is 8.13. The van der Waals surface area contributed by atoms with E-state index in [0.717, 1.165) is 10.9 Å². The molecule has 0 unspecified atom stereocenters. The topological polar surface area (TPSA) is 231 Å². The molecule has 3 aromatic carbocycles. The normalized spacial score (nSPS) is 21.9. The van der Waals surface area contributed by atoms with Gasteiger partial charge in [-0.05, 0) is 36.8 Å². The number of hydrogen-bond acceptors (Lipinski definition) is 8. The Hall–Kier alpha value is -6.32. The summed E-state index contributed by atoms with van der Waals surface area (Å²) in [4.78, 5) is 83.9. The maximum Gasteiger partial charge on any atom is 0.272 e. The van der Waals surface area contributed by atoms with E-state index in [-0.39, 0.29) is 23.4 Å².